The second-order valence-corrected chi connectivity index (χ2v) is 3.12. The van der Waals surface area contributed by atoms with E-state index in [9.17, 15) is 0 Å². The molecule has 5 heteroatoms. The van der Waals surface area contributed by atoms with Gasteiger partial charge in [0, 0.05) is 7.05 Å². The Morgan fingerprint density at radius 2 is 2.20 bits per heavy atom. The third-order valence-corrected chi connectivity index (χ3v) is 2.11. The summed E-state index contributed by atoms with van der Waals surface area (Å²) in [5.41, 5.74) is 7.79. The number of nitrogens with two attached hydrogens (primary N) is 1. The third-order valence-electron chi connectivity index (χ3n) is 2.11. The molecule has 0 amide bonds. The number of furan rings is 1. The van der Waals surface area contributed by atoms with E-state index < -0.39 is 0 Å². The van der Waals surface area contributed by atoms with Crippen LogP contribution in [0.3, 0.4) is 0 Å². The van der Waals surface area contributed by atoms with Gasteiger partial charge in [-0.05, 0) is 19.1 Å². The molecule has 15 heavy (non-hydrogen) atoms. The molecule has 0 aliphatic rings. The lowest BCUT2D eigenvalue weighted by Gasteiger charge is -2.07. The highest BCUT2D eigenvalue weighted by molar-refractivity contribution is 5.71. The normalized spacial score (nSPS) is 10.3. The van der Waals surface area contributed by atoms with E-state index in [1.807, 2.05) is 13.0 Å². The first-order chi connectivity index (χ1) is 7.22. The average Bonchev–Trinajstić information content (AvgIpc) is 2.75. The molecule has 0 radical (unpaired) electrons. The summed E-state index contributed by atoms with van der Waals surface area (Å²) in [6.45, 7) is 1.84. The first-order valence-corrected chi connectivity index (χ1v) is 4.58. The first kappa shape index (κ1) is 9.51. The van der Waals surface area contributed by atoms with Crippen molar-refractivity contribution in [2.24, 2.45) is 0 Å². The van der Waals surface area contributed by atoms with Crippen LogP contribution in [0.1, 0.15) is 5.69 Å². The van der Waals surface area contributed by atoms with Crippen molar-refractivity contribution in [3.63, 3.8) is 0 Å². The van der Waals surface area contributed by atoms with Gasteiger partial charge < -0.3 is 15.5 Å². The van der Waals surface area contributed by atoms with Crippen LogP contribution in [0, 0.1) is 6.92 Å². The van der Waals surface area contributed by atoms with Crippen LogP contribution in [-0.4, -0.2) is 17.0 Å². The number of aryl methyl sites for hydroxylation is 1. The quantitative estimate of drug-likeness (QED) is 0.778. The molecule has 0 spiro atoms. The SMILES string of the molecule is CNc1nc(C)c(N)c(-c2ccco2)n1. The number of nitrogen functional groups attached to an aromatic ring is 1. The fourth-order valence-electron chi connectivity index (χ4n) is 1.29. The van der Waals surface area contributed by atoms with E-state index in [4.69, 9.17) is 10.2 Å². The maximum atomic E-state index is 5.88. The smallest absolute Gasteiger partial charge is 0.223 e. The van der Waals surface area contributed by atoms with Crippen LogP contribution >= 0.6 is 0 Å². The van der Waals surface area contributed by atoms with Crippen molar-refractivity contribution in [3.05, 3.63) is 24.1 Å². The number of aromatic nitrogens is 2. The number of rotatable bonds is 2. The minimum atomic E-state index is 0.535. The number of anilines is 2. The maximum Gasteiger partial charge on any atom is 0.223 e. The second-order valence-electron chi connectivity index (χ2n) is 3.12. The number of nitrogens with zero attached hydrogens (tertiary/aromatic N) is 2. The van der Waals surface area contributed by atoms with Gasteiger partial charge in [0.2, 0.25) is 5.95 Å². The van der Waals surface area contributed by atoms with Crippen LogP contribution in [0.4, 0.5) is 11.6 Å². The summed E-state index contributed by atoms with van der Waals surface area (Å²) in [5, 5.41) is 2.88. The molecule has 0 saturated carbocycles. The topological polar surface area (TPSA) is 77.0 Å². The highest BCUT2D eigenvalue weighted by Crippen LogP contribution is 2.26. The Labute approximate surface area is 87.3 Å². The molecule has 78 valence electrons. The Morgan fingerprint density at radius 1 is 1.40 bits per heavy atom. The Balaban J connectivity index is 2.60. The molecule has 0 bridgehead atoms. The van der Waals surface area contributed by atoms with Gasteiger partial charge in [-0.15, -0.1) is 0 Å². The summed E-state index contributed by atoms with van der Waals surface area (Å²) in [6, 6.07) is 3.61. The maximum absolute atomic E-state index is 5.88. The van der Waals surface area contributed by atoms with Gasteiger partial charge in [0.15, 0.2) is 5.76 Å². The van der Waals surface area contributed by atoms with Crippen molar-refractivity contribution < 1.29 is 4.42 Å². The Morgan fingerprint density at radius 3 is 2.80 bits per heavy atom. The molecule has 2 heterocycles. The van der Waals surface area contributed by atoms with E-state index >= 15 is 0 Å². The van der Waals surface area contributed by atoms with E-state index in [2.05, 4.69) is 15.3 Å². The minimum Gasteiger partial charge on any atom is -0.463 e. The molecule has 0 unspecified atom stereocenters. The molecular formula is C10H12N4O. The van der Waals surface area contributed by atoms with Crippen molar-refractivity contribution >= 4 is 11.6 Å². The van der Waals surface area contributed by atoms with Gasteiger partial charge in [0.1, 0.15) is 5.69 Å². The van der Waals surface area contributed by atoms with Crippen LogP contribution in [0.25, 0.3) is 11.5 Å². The molecule has 2 rings (SSSR count). The average molecular weight is 204 g/mol. The molecule has 2 aromatic heterocycles. The summed E-state index contributed by atoms with van der Waals surface area (Å²) in [7, 11) is 1.76. The lowest BCUT2D eigenvalue weighted by molar-refractivity contribution is 0.580. The van der Waals surface area contributed by atoms with Crippen molar-refractivity contribution in [1.29, 1.82) is 0 Å². The lowest BCUT2D eigenvalue weighted by atomic mass is 10.2. The lowest BCUT2D eigenvalue weighted by Crippen LogP contribution is -2.04. The predicted molar refractivity (Wildman–Crippen MR) is 58.4 cm³/mol. The molecule has 2 aromatic rings. The minimum absolute atomic E-state index is 0.535. The largest absolute Gasteiger partial charge is 0.463 e. The van der Waals surface area contributed by atoms with Gasteiger partial charge in [-0.1, -0.05) is 0 Å². The van der Waals surface area contributed by atoms with Crippen molar-refractivity contribution in [1.82, 2.24) is 9.97 Å². The van der Waals surface area contributed by atoms with Crippen LogP contribution in [0.2, 0.25) is 0 Å². The van der Waals surface area contributed by atoms with E-state index in [0.29, 0.717) is 23.1 Å². The molecule has 5 nitrogen and oxygen atoms in total. The monoisotopic (exact) mass is 204 g/mol. The third kappa shape index (κ3) is 1.63. The van der Waals surface area contributed by atoms with Gasteiger partial charge in [0.25, 0.3) is 0 Å². The van der Waals surface area contributed by atoms with Crippen LogP contribution in [0.5, 0.6) is 0 Å². The molecule has 0 fully saturated rings. The van der Waals surface area contributed by atoms with E-state index in [1.54, 1.807) is 19.4 Å². The predicted octanol–water partition coefficient (Wildman–Crippen LogP) is 1.67. The van der Waals surface area contributed by atoms with E-state index in [-0.39, 0.29) is 0 Å². The summed E-state index contributed by atoms with van der Waals surface area (Å²) in [4.78, 5) is 8.43. The van der Waals surface area contributed by atoms with Gasteiger partial charge in [0.05, 0.1) is 17.6 Å². The molecule has 0 aliphatic carbocycles. The molecule has 0 atom stereocenters. The van der Waals surface area contributed by atoms with Crippen molar-refractivity contribution in [2.45, 2.75) is 6.92 Å². The van der Waals surface area contributed by atoms with E-state index in [1.165, 1.54) is 0 Å². The zero-order valence-electron chi connectivity index (χ0n) is 8.61. The molecular weight excluding hydrogens is 192 g/mol. The zero-order chi connectivity index (χ0) is 10.8. The van der Waals surface area contributed by atoms with Gasteiger partial charge in [-0.3, -0.25) is 0 Å². The van der Waals surface area contributed by atoms with Crippen LogP contribution < -0.4 is 11.1 Å². The molecule has 0 saturated heterocycles. The van der Waals surface area contributed by atoms with Gasteiger partial charge >= 0.3 is 0 Å². The highest BCUT2D eigenvalue weighted by atomic mass is 16.3. The molecule has 3 N–H and O–H groups in total. The van der Waals surface area contributed by atoms with Crippen molar-refractivity contribution in [3.8, 4) is 11.5 Å². The fourth-order valence-corrected chi connectivity index (χ4v) is 1.29. The number of nitrogens with one attached hydrogen (secondary N) is 1. The molecule has 0 aliphatic heterocycles. The first-order valence-electron chi connectivity index (χ1n) is 4.58. The summed E-state index contributed by atoms with van der Waals surface area (Å²) >= 11 is 0. The Bertz CT molecular complexity index is 465. The number of hydrogen-bond donors (Lipinski definition) is 2. The van der Waals surface area contributed by atoms with Gasteiger partial charge in [-0.2, -0.15) is 0 Å². The summed E-state index contributed by atoms with van der Waals surface area (Å²) < 4.78 is 5.26. The second kappa shape index (κ2) is 3.61. The Hall–Kier alpha value is -2.04. The highest BCUT2D eigenvalue weighted by Gasteiger charge is 2.11. The van der Waals surface area contributed by atoms with Gasteiger partial charge in [-0.25, -0.2) is 9.97 Å². The van der Waals surface area contributed by atoms with Crippen molar-refractivity contribution in [2.75, 3.05) is 18.1 Å². The summed E-state index contributed by atoms with van der Waals surface area (Å²) in [5.74, 6) is 1.18. The number of hydrogen-bond acceptors (Lipinski definition) is 5. The Kier molecular flexibility index (Phi) is 2.29. The zero-order valence-corrected chi connectivity index (χ0v) is 8.61. The summed E-state index contributed by atoms with van der Waals surface area (Å²) in [6.07, 6.45) is 1.59. The van der Waals surface area contributed by atoms with Crippen LogP contribution in [0.15, 0.2) is 22.8 Å². The van der Waals surface area contributed by atoms with E-state index in [0.717, 1.165) is 5.69 Å². The standard InChI is InChI=1S/C10H12N4O/c1-6-8(11)9(7-4-3-5-15-7)14-10(12-2)13-6/h3-5H,11H2,1-2H3,(H,12,13,14). The van der Waals surface area contributed by atoms with Crippen LogP contribution in [-0.2, 0) is 0 Å². The molecule has 0 aromatic carbocycles. The fraction of sp³-hybridized carbons (Fsp3) is 0.200.